The summed E-state index contributed by atoms with van der Waals surface area (Å²) in [5.41, 5.74) is 1.33. The van der Waals surface area contributed by atoms with Gasteiger partial charge in [0.05, 0.1) is 0 Å². The molecule has 0 saturated heterocycles. The average Bonchev–Trinajstić information content (AvgIpc) is 2.09. The minimum atomic E-state index is 0.173. The fourth-order valence-electron chi connectivity index (χ4n) is 2.67. The number of phenols is 2. The van der Waals surface area contributed by atoms with Crippen LogP contribution in [0.4, 0.5) is 0 Å². The first-order chi connectivity index (χ1) is 7.16. The van der Waals surface area contributed by atoms with Crippen LogP contribution < -0.4 is 0 Å². The van der Waals surface area contributed by atoms with Gasteiger partial charge in [-0.15, -0.1) is 0 Å². The van der Waals surface area contributed by atoms with Gasteiger partial charge >= 0.3 is 0 Å². The molecule has 2 heteroatoms. The van der Waals surface area contributed by atoms with E-state index < -0.39 is 0 Å². The van der Waals surface area contributed by atoms with E-state index in [1.165, 1.54) is 25.3 Å². The Bertz CT molecular complexity index is 333. The summed E-state index contributed by atoms with van der Waals surface area (Å²) in [5.74, 6) is 0.347. The molecule has 1 aromatic carbocycles. The van der Waals surface area contributed by atoms with Gasteiger partial charge in [0.15, 0.2) is 0 Å². The topological polar surface area (TPSA) is 40.5 Å². The van der Waals surface area contributed by atoms with Gasteiger partial charge in [-0.05, 0) is 42.4 Å². The summed E-state index contributed by atoms with van der Waals surface area (Å²) >= 11 is 0. The number of rotatable bonds is 3. The minimum Gasteiger partial charge on any atom is -0.508 e. The molecule has 0 spiro atoms. The molecule has 82 valence electrons. The Morgan fingerprint density at radius 2 is 1.73 bits per heavy atom. The maximum Gasteiger partial charge on any atom is 0.119 e. The highest BCUT2D eigenvalue weighted by atomic mass is 16.3. The van der Waals surface area contributed by atoms with Crippen LogP contribution in [0.1, 0.15) is 44.6 Å². The average molecular weight is 206 g/mol. The minimum absolute atomic E-state index is 0.173. The third-order valence-corrected chi connectivity index (χ3v) is 3.55. The van der Waals surface area contributed by atoms with Crippen LogP contribution in [-0.4, -0.2) is 10.2 Å². The summed E-state index contributed by atoms with van der Waals surface area (Å²) in [5, 5.41) is 19.0. The predicted octanol–water partition coefficient (Wildman–Crippen LogP) is 3.32. The SMILES string of the molecule is CCCC1(c2cc(O)cc(O)c2)CCC1. The van der Waals surface area contributed by atoms with Gasteiger partial charge in [0.25, 0.3) is 0 Å². The molecule has 1 aliphatic rings. The van der Waals surface area contributed by atoms with Crippen molar-refractivity contribution in [3.8, 4) is 11.5 Å². The van der Waals surface area contributed by atoms with Gasteiger partial charge in [-0.3, -0.25) is 0 Å². The molecule has 0 atom stereocenters. The van der Waals surface area contributed by atoms with E-state index in [0.717, 1.165) is 18.4 Å². The summed E-state index contributed by atoms with van der Waals surface area (Å²) < 4.78 is 0. The van der Waals surface area contributed by atoms with E-state index in [2.05, 4.69) is 6.92 Å². The molecule has 2 rings (SSSR count). The second-order valence-corrected chi connectivity index (χ2v) is 4.62. The number of aromatic hydroxyl groups is 2. The Kier molecular flexibility index (Phi) is 2.59. The van der Waals surface area contributed by atoms with Gasteiger partial charge in [-0.1, -0.05) is 19.8 Å². The maximum absolute atomic E-state index is 9.49. The van der Waals surface area contributed by atoms with Crippen LogP contribution in [0.25, 0.3) is 0 Å². The van der Waals surface area contributed by atoms with Crippen LogP contribution in [0.2, 0.25) is 0 Å². The highest BCUT2D eigenvalue weighted by molar-refractivity contribution is 5.41. The number of hydrogen-bond acceptors (Lipinski definition) is 2. The van der Waals surface area contributed by atoms with E-state index in [4.69, 9.17) is 0 Å². The number of benzene rings is 1. The molecule has 0 unspecified atom stereocenters. The van der Waals surface area contributed by atoms with Crippen molar-refractivity contribution in [3.63, 3.8) is 0 Å². The smallest absolute Gasteiger partial charge is 0.119 e. The molecule has 0 heterocycles. The van der Waals surface area contributed by atoms with E-state index in [1.54, 1.807) is 12.1 Å². The van der Waals surface area contributed by atoms with E-state index in [1.807, 2.05) is 0 Å². The third-order valence-electron chi connectivity index (χ3n) is 3.55. The first kappa shape index (κ1) is 10.3. The highest BCUT2D eigenvalue weighted by Gasteiger charge is 2.37. The largest absolute Gasteiger partial charge is 0.508 e. The Balaban J connectivity index is 2.34. The molecule has 0 aromatic heterocycles. The Hall–Kier alpha value is -1.18. The molecule has 1 fully saturated rings. The monoisotopic (exact) mass is 206 g/mol. The lowest BCUT2D eigenvalue weighted by Crippen LogP contribution is -2.33. The summed E-state index contributed by atoms with van der Waals surface area (Å²) in [7, 11) is 0. The van der Waals surface area contributed by atoms with E-state index in [9.17, 15) is 10.2 Å². The standard InChI is InChI=1S/C13H18O2/c1-2-4-13(5-3-6-13)10-7-11(14)9-12(15)8-10/h7-9,14-15H,2-6H2,1H3. The van der Waals surface area contributed by atoms with Gasteiger partial charge in [-0.25, -0.2) is 0 Å². The summed E-state index contributed by atoms with van der Waals surface area (Å²) in [6.07, 6.45) is 5.93. The Morgan fingerprint density at radius 3 is 2.13 bits per heavy atom. The zero-order chi connectivity index (χ0) is 10.9. The number of phenolic OH excluding ortho intramolecular Hbond substituents is 2. The van der Waals surface area contributed by atoms with E-state index in [0.29, 0.717) is 0 Å². The molecule has 0 amide bonds. The van der Waals surface area contributed by atoms with Crippen LogP contribution in [0.15, 0.2) is 18.2 Å². The Labute approximate surface area is 90.6 Å². The molecule has 2 nitrogen and oxygen atoms in total. The maximum atomic E-state index is 9.49. The van der Waals surface area contributed by atoms with Gasteiger partial charge in [0.2, 0.25) is 0 Å². The van der Waals surface area contributed by atoms with Crippen molar-refractivity contribution >= 4 is 0 Å². The van der Waals surface area contributed by atoms with Crippen molar-refractivity contribution in [2.75, 3.05) is 0 Å². The molecular formula is C13H18O2. The van der Waals surface area contributed by atoms with Crippen molar-refractivity contribution in [2.24, 2.45) is 0 Å². The first-order valence-electron chi connectivity index (χ1n) is 5.70. The molecule has 1 aliphatic carbocycles. The highest BCUT2D eigenvalue weighted by Crippen LogP contribution is 2.48. The summed E-state index contributed by atoms with van der Waals surface area (Å²) in [6.45, 7) is 2.18. The molecule has 0 bridgehead atoms. The normalized spacial score (nSPS) is 18.5. The van der Waals surface area contributed by atoms with Crippen molar-refractivity contribution in [1.82, 2.24) is 0 Å². The fourth-order valence-corrected chi connectivity index (χ4v) is 2.67. The van der Waals surface area contributed by atoms with Crippen LogP contribution in [-0.2, 0) is 5.41 Å². The van der Waals surface area contributed by atoms with Crippen LogP contribution in [0, 0.1) is 0 Å². The van der Waals surface area contributed by atoms with Crippen LogP contribution in [0.3, 0.4) is 0 Å². The molecule has 1 saturated carbocycles. The lowest BCUT2D eigenvalue weighted by Gasteiger charge is -2.42. The van der Waals surface area contributed by atoms with Gasteiger partial charge in [0, 0.05) is 6.07 Å². The zero-order valence-corrected chi connectivity index (χ0v) is 9.16. The number of hydrogen-bond donors (Lipinski definition) is 2. The molecule has 2 N–H and O–H groups in total. The van der Waals surface area contributed by atoms with Crippen molar-refractivity contribution < 1.29 is 10.2 Å². The zero-order valence-electron chi connectivity index (χ0n) is 9.16. The van der Waals surface area contributed by atoms with E-state index in [-0.39, 0.29) is 16.9 Å². The molecule has 1 aromatic rings. The molecule has 0 aliphatic heterocycles. The molecular weight excluding hydrogens is 188 g/mol. The second-order valence-electron chi connectivity index (χ2n) is 4.62. The summed E-state index contributed by atoms with van der Waals surface area (Å²) in [6, 6.07) is 4.99. The van der Waals surface area contributed by atoms with Crippen LogP contribution in [0.5, 0.6) is 11.5 Å². The van der Waals surface area contributed by atoms with Gasteiger partial charge in [-0.2, -0.15) is 0 Å². The third kappa shape index (κ3) is 1.81. The fraction of sp³-hybridized carbons (Fsp3) is 0.538. The van der Waals surface area contributed by atoms with Crippen molar-refractivity contribution in [2.45, 2.75) is 44.4 Å². The van der Waals surface area contributed by atoms with Crippen molar-refractivity contribution in [1.29, 1.82) is 0 Å². The van der Waals surface area contributed by atoms with E-state index >= 15 is 0 Å². The van der Waals surface area contributed by atoms with Gasteiger partial charge in [0.1, 0.15) is 11.5 Å². The predicted molar refractivity (Wildman–Crippen MR) is 60.2 cm³/mol. The molecule has 15 heavy (non-hydrogen) atoms. The van der Waals surface area contributed by atoms with Gasteiger partial charge < -0.3 is 10.2 Å². The molecule has 0 radical (unpaired) electrons. The second kappa shape index (κ2) is 3.76. The Morgan fingerprint density at radius 1 is 1.13 bits per heavy atom. The lowest BCUT2D eigenvalue weighted by molar-refractivity contribution is 0.222. The van der Waals surface area contributed by atoms with Crippen LogP contribution >= 0.6 is 0 Å². The first-order valence-corrected chi connectivity index (χ1v) is 5.70. The quantitative estimate of drug-likeness (QED) is 0.796. The van der Waals surface area contributed by atoms with Crippen molar-refractivity contribution in [3.05, 3.63) is 23.8 Å². The summed E-state index contributed by atoms with van der Waals surface area (Å²) in [4.78, 5) is 0. The lowest BCUT2D eigenvalue weighted by atomic mass is 9.62.